The molecule has 0 spiro atoms. The predicted molar refractivity (Wildman–Crippen MR) is 85.6 cm³/mol. The van der Waals surface area contributed by atoms with Crippen LogP contribution in [0.3, 0.4) is 0 Å². The first kappa shape index (κ1) is 16.9. The van der Waals surface area contributed by atoms with Crippen molar-refractivity contribution in [3.05, 3.63) is 59.7 Å². The maximum absolute atomic E-state index is 13.5. The molecule has 2 aromatic rings. The van der Waals surface area contributed by atoms with Gasteiger partial charge >= 0.3 is 0 Å². The molecule has 0 saturated carbocycles. The monoisotopic (exact) mass is 319 g/mol. The van der Waals surface area contributed by atoms with Crippen LogP contribution < -0.4 is 10.1 Å². The number of benzene rings is 2. The van der Waals surface area contributed by atoms with Gasteiger partial charge in [-0.3, -0.25) is 4.79 Å². The van der Waals surface area contributed by atoms with Crippen LogP contribution in [0.4, 0.5) is 14.5 Å². The number of nitrogens with one attached hydrogen (secondary N) is 1. The van der Waals surface area contributed by atoms with Crippen molar-refractivity contribution in [3.63, 3.8) is 0 Å². The summed E-state index contributed by atoms with van der Waals surface area (Å²) in [5, 5.41) is 2.36. The van der Waals surface area contributed by atoms with Crippen molar-refractivity contribution in [1.82, 2.24) is 0 Å². The van der Waals surface area contributed by atoms with Gasteiger partial charge in [0.25, 0.3) is 5.91 Å². The van der Waals surface area contributed by atoms with Gasteiger partial charge in [-0.15, -0.1) is 0 Å². The van der Waals surface area contributed by atoms with E-state index < -0.39 is 17.5 Å². The van der Waals surface area contributed by atoms with Gasteiger partial charge in [-0.2, -0.15) is 0 Å². The van der Waals surface area contributed by atoms with Crippen molar-refractivity contribution < 1.29 is 18.3 Å². The molecule has 1 atom stereocenters. The number of carbonyl (C=O) groups excluding carboxylic acids is 1. The van der Waals surface area contributed by atoms with Gasteiger partial charge in [-0.25, -0.2) is 8.78 Å². The van der Waals surface area contributed by atoms with E-state index in [2.05, 4.69) is 19.2 Å². The summed E-state index contributed by atoms with van der Waals surface area (Å²) in [4.78, 5) is 11.9. The number of amides is 1. The largest absolute Gasteiger partial charge is 0.483 e. The first-order valence-electron chi connectivity index (χ1n) is 7.48. The van der Waals surface area contributed by atoms with Crippen LogP contribution in [-0.4, -0.2) is 12.5 Å². The highest BCUT2D eigenvalue weighted by molar-refractivity contribution is 5.92. The molecule has 3 nitrogen and oxygen atoms in total. The number of para-hydroxylation sites is 1. The zero-order chi connectivity index (χ0) is 16.8. The van der Waals surface area contributed by atoms with Crippen molar-refractivity contribution in [2.75, 3.05) is 11.9 Å². The maximum Gasteiger partial charge on any atom is 0.262 e. The van der Waals surface area contributed by atoms with E-state index in [0.29, 0.717) is 17.7 Å². The van der Waals surface area contributed by atoms with Crippen LogP contribution in [0.25, 0.3) is 0 Å². The normalized spacial score (nSPS) is 11.8. The van der Waals surface area contributed by atoms with Gasteiger partial charge in [0, 0.05) is 6.07 Å². The fourth-order valence-electron chi connectivity index (χ4n) is 2.16. The second-order valence-electron chi connectivity index (χ2n) is 5.31. The molecule has 122 valence electrons. The number of hydrogen-bond acceptors (Lipinski definition) is 2. The Hall–Kier alpha value is -2.43. The molecule has 23 heavy (non-hydrogen) atoms. The molecule has 0 heterocycles. The van der Waals surface area contributed by atoms with E-state index in [0.717, 1.165) is 18.1 Å². The summed E-state index contributed by atoms with van der Waals surface area (Å²) in [5.74, 6) is -1.08. The zero-order valence-electron chi connectivity index (χ0n) is 13.1. The summed E-state index contributed by atoms with van der Waals surface area (Å²) in [5.41, 5.74) is 0.950. The third-order valence-corrected chi connectivity index (χ3v) is 3.63. The fraction of sp³-hybridized carbons (Fsp3) is 0.278. The molecular weight excluding hydrogens is 300 g/mol. The zero-order valence-corrected chi connectivity index (χ0v) is 13.1. The predicted octanol–water partition coefficient (Wildman–Crippen LogP) is 4.50. The molecule has 0 saturated heterocycles. The van der Waals surface area contributed by atoms with Crippen LogP contribution in [-0.2, 0) is 4.79 Å². The minimum absolute atomic E-state index is 0.0739. The highest BCUT2D eigenvalue weighted by Crippen LogP contribution is 2.28. The number of hydrogen-bond donors (Lipinski definition) is 1. The lowest BCUT2D eigenvalue weighted by molar-refractivity contribution is -0.118. The molecule has 0 aliphatic carbocycles. The first-order valence-corrected chi connectivity index (χ1v) is 7.48. The SMILES string of the molecule is CCC(C)c1ccccc1OCC(=O)Nc1ccc(F)cc1F. The summed E-state index contributed by atoms with van der Waals surface area (Å²) in [6.07, 6.45) is 0.952. The Kier molecular flexibility index (Phi) is 5.68. The lowest BCUT2D eigenvalue weighted by Gasteiger charge is -2.15. The second kappa shape index (κ2) is 7.72. The molecular formula is C18H19F2NO2. The standard InChI is InChI=1S/C18H19F2NO2/c1-3-12(2)14-6-4-5-7-17(14)23-11-18(22)21-16-9-8-13(19)10-15(16)20/h4-10,12H,3,11H2,1-2H3,(H,21,22). The van der Waals surface area contributed by atoms with Gasteiger partial charge in [0.05, 0.1) is 5.69 Å². The molecule has 2 rings (SSSR count). The van der Waals surface area contributed by atoms with Crippen LogP contribution in [0.1, 0.15) is 31.7 Å². The van der Waals surface area contributed by atoms with Crippen molar-refractivity contribution >= 4 is 11.6 Å². The van der Waals surface area contributed by atoms with E-state index in [1.165, 1.54) is 6.07 Å². The Morgan fingerprint density at radius 1 is 1.22 bits per heavy atom. The summed E-state index contributed by atoms with van der Waals surface area (Å²) >= 11 is 0. The van der Waals surface area contributed by atoms with Crippen LogP contribution >= 0.6 is 0 Å². The average Bonchev–Trinajstić information content (AvgIpc) is 2.55. The summed E-state index contributed by atoms with van der Waals surface area (Å²) in [6, 6.07) is 10.5. The van der Waals surface area contributed by atoms with Gasteiger partial charge < -0.3 is 10.1 Å². The maximum atomic E-state index is 13.5. The van der Waals surface area contributed by atoms with Gasteiger partial charge in [-0.1, -0.05) is 32.0 Å². The molecule has 0 aliphatic heterocycles. The quantitative estimate of drug-likeness (QED) is 0.851. The van der Waals surface area contributed by atoms with E-state index in [4.69, 9.17) is 4.74 Å². The topological polar surface area (TPSA) is 38.3 Å². The Morgan fingerprint density at radius 2 is 1.96 bits per heavy atom. The van der Waals surface area contributed by atoms with E-state index in [-0.39, 0.29) is 12.3 Å². The summed E-state index contributed by atoms with van der Waals surface area (Å²) in [7, 11) is 0. The van der Waals surface area contributed by atoms with Gasteiger partial charge in [0.2, 0.25) is 0 Å². The number of anilines is 1. The Morgan fingerprint density at radius 3 is 2.65 bits per heavy atom. The first-order chi connectivity index (χ1) is 11.0. The molecule has 0 radical (unpaired) electrons. The van der Waals surface area contributed by atoms with Crippen molar-refractivity contribution in [1.29, 1.82) is 0 Å². The molecule has 2 aromatic carbocycles. The third-order valence-electron chi connectivity index (χ3n) is 3.63. The number of halogens is 2. The Balaban J connectivity index is 2.00. The Bertz CT molecular complexity index is 688. The molecule has 0 aliphatic rings. The van der Waals surface area contributed by atoms with E-state index in [1.807, 2.05) is 18.2 Å². The number of rotatable bonds is 6. The van der Waals surface area contributed by atoms with Crippen LogP contribution in [0, 0.1) is 11.6 Å². The molecule has 1 amide bonds. The van der Waals surface area contributed by atoms with E-state index in [1.54, 1.807) is 6.07 Å². The van der Waals surface area contributed by atoms with Crippen LogP contribution in [0.15, 0.2) is 42.5 Å². The van der Waals surface area contributed by atoms with Gasteiger partial charge in [0.1, 0.15) is 17.4 Å². The third kappa shape index (κ3) is 4.52. The van der Waals surface area contributed by atoms with Gasteiger partial charge in [-0.05, 0) is 36.1 Å². The molecule has 1 unspecified atom stereocenters. The summed E-state index contributed by atoms with van der Waals surface area (Å²) in [6.45, 7) is 3.91. The van der Waals surface area contributed by atoms with E-state index >= 15 is 0 Å². The Labute approximate surface area is 134 Å². The highest BCUT2D eigenvalue weighted by Gasteiger charge is 2.12. The fourth-order valence-corrected chi connectivity index (χ4v) is 2.16. The van der Waals surface area contributed by atoms with Crippen LogP contribution in [0.5, 0.6) is 5.75 Å². The minimum Gasteiger partial charge on any atom is -0.483 e. The molecule has 0 bridgehead atoms. The van der Waals surface area contributed by atoms with Crippen molar-refractivity contribution in [3.8, 4) is 5.75 Å². The smallest absolute Gasteiger partial charge is 0.262 e. The number of ether oxygens (including phenoxy) is 1. The van der Waals surface area contributed by atoms with E-state index in [9.17, 15) is 13.6 Å². The molecule has 0 aromatic heterocycles. The lowest BCUT2D eigenvalue weighted by Crippen LogP contribution is -2.21. The lowest BCUT2D eigenvalue weighted by atomic mass is 9.98. The highest BCUT2D eigenvalue weighted by atomic mass is 19.1. The number of carbonyl (C=O) groups is 1. The second-order valence-corrected chi connectivity index (χ2v) is 5.31. The molecule has 5 heteroatoms. The summed E-state index contributed by atoms with van der Waals surface area (Å²) < 4.78 is 31.9. The molecule has 0 fully saturated rings. The van der Waals surface area contributed by atoms with Gasteiger partial charge in [0.15, 0.2) is 6.61 Å². The molecule has 1 N–H and O–H groups in total. The average molecular weight is 319 g/mol. The van der Waals surface area contributed by atoms with Crippen LogP contribution in [0.2, 0.25) is 0 Å². The van der Waals surface area contributed by atoms with Crippen molar-refractivity contribution in [2.24, 2.45) is 0 Å². The van der Waals surface area contributed by atoms with Crippen molar-refractivity contribution in [2.45, 2.75) is 26.2 Å². The minimum atomic E-state index is -0.821.